The number of benzene rings is 2. The molecule has 0 aliphatic rings. The average molecular weight is 333 g/mol. The molecule has 94 valence electrons. The Kier molecular flexibility index (Phi) is 4.00. The molecular formula is C13H9BrClF2N. The number of nitrogens with two attached hydrogens (primary N) is 1. The van der Waals surface area contributed by atoms with Crippen LogP contribution in [0.15, 0.2) is 40.9 Å². The zero-order valence-corrected chi connectivity index (χ0v) is 11.5. The van der Waals surface area contributed by atoms with Crippen molar-refractivity contribution in [3.63, 3.8) is 0 Å². The van der Waals surface area contributed by atoms with Crippen LogP contribution in [-0.4, -0.2) is 0 Å². The van der Waals surface area contributed by atoms with Gasteiger partial charge in [-0.1, -0.05) is 33.6 Å². The standard InChI is InChI=1S/C13H9BrClF2N/c14-11-4-2-8(16)6-10(11)13(18)9-3-1-7(15)5-12(9)17/h1-6,13H,18H2. The van der Waals surface area contributed by atoms with E-state index in [1.807, 2.05) is 0 Å². The number of hydrogen-bond acceptors (Lipinski definition) is 1. The van der Waals surface area contributed by atoms with Crippen LogP contribution in [0, 0.1) is 11.6 Å². The van der Waals surface area contributed by atoms with Gasteiger partial charge >= 0.3 is 0 Å². The molecule has 0 radical (unpaired) electrons. The first kappa shape index (κ1) is 13.5. The molecular weight excluding hydrogens is 324 g/mol. The van der Waals surface area contributed by atoms with E-state index in [1.54, 1.807) is 12.1 Å². The second-order valence-electron chi connectivity index (χ2n) is 3.81. The van der Waals surface area contributed by atoms with Gasteiger partial charge in [-0.15, -0.1) is 0 Å². The Morgan fingerprint density at radius 2 is 1.78 bits per heavy atom. The van der Waals surface area contributed by atoms with E-state index >= 15 is 0 Å². The van der Waals surface area contributed by atoms with E-state index in [4.69, 9.17) is 17.3 Å². The Hall–Kier alpha value is -0.970. The van der Waals surface area contributed by atoms with Gasteiger partial charge in [-0.2, -0.15) is 0 Å². The summed E-state index contributed by atoms with van der Waals surface area (Å²) in [4.78, 5) is 0. The summed E-state index contributed by atoms with van der Waals surface area (Å²) in [6, 6.07) is 7.60. The van der Waals surface area contributed by atoms with E-state index in [-0.39, 0.29) is 5.56 Å². The van der Waals surface area contributed by atoms with Crippen molar-refractivity contribution in [1.82, 2.24) is 0 Å². The quantitative estimate of drug-likeness (QED) is 0.865. The highest BCUT2D eigenvalue weighted by atomic mass is 79.9. The molecule has 1 unspecified atom stereocenters. The van der Waals surface area contributed by atoms with E-state index < -0.39 is 17.7 Å². The normalized spacial score (nSPS) is 12.5. The van der Waals surface area contributed by atoms with E-state index in [2.05, 4.69) is 15.9 Å². The highest BCUT2D eigenvalue weighted by molar-refractivity contribution is 9.10. The van der Waals surface area contributed by atoms with Gasteiger partial charge in [0.25, 0.3) is 0 Å². The third-order valence-electron chi connectivity index (χ3n) is 2.59. The molecule has 2 N–H and O–H groups in total. The third kappa shape index (κ3) is 2.71. The van der Waals surface area contributed by atoms with Crippen molar-refractivity contribution in [2.75, 3.05) is 0 Å². The van der Waals surface area contributed by atoms with Gasteiger partial charge in [0.05, 0.1) is 6.04 Å². The molecule has 2 rings (SSSR count). The van der Waals surface area contributed by atoms with Gasteiger partial charge in [0.1, 0.15) is 11.6 Å². The predicted octanol–water partition coefficient (Wildman–Crippen LogP) is 4.43. The van der Waals surface area contributed by atoms with Crippen LogP contribution in [0.1, 0.15) is 17.2 Å². The lowest BCUT2D eigenvalue weighted by atomic mass is 9.99. The number of halogens is 4. The molecule has 0 saturated heterocycles. The lowest BCUT2D eigenvalue weighted by Gasteiger charge is -2.15. The van der Waals surface area contributed by atoms with Crippen molar-refractivity contribution in [2.45, 2.75) is 6.04 Å². The smallest absolute Gasteiger partial charge is 0.129 e. The van der Waals surface area contributed by atoms with Gasteiger partial charge in [0, 0.05) is 15.1 Å². The van der Waals surface area contributed by atoms with Gasteiger partial charge < -0.3 is 5.73 Å². The number of rotatable bonds is 2. The van der Waals surface area contributed by atoms with Gasteiger partial charge in [-0.05, 0) is 35.9 Å². The third-order valence-corrected chi connectivity index (χ3v) is 3.55. The molecule has 0 heterocycles. The number of hydrogen-bond donors (Lipinski definition) is 1. The molecule has 0 aliphatic heterocycles. The minimum Gasteiger partial charge on any atom is -0.320 e. The summed E-state index contributed by atoms with van der Waals surface area (Å²) < 4.78 is 27.6. The van der Waals surface area contributed by atoms with Crippen LogP contribution < -0.4 is 5.73 Å². The van der Waals surface area contributed by atoms with Gasteiger partial charge in [0.2, 0.25) is 0 Å². The molecule has 0 bridgehead atoms. The first-order valence-electron chi connectivity index (χ1n) is 5.14. The summed E-state index contributed by atoms with van der Waals surface area (Å²) in [5.41, 5.74) is 6.71. The van der Waals surface area contributed by atoms with Crippen molar-refractivity contribution in [3.05, 3.63) is 68.7 Å². The monoisotopic (exact) mass is 331 g/mol. The van der Waals surface area contributed by atoms with Crippen LogP contribution in [-0.2, 0) is 0 Å². The van der Waals surface area contributed by atoms with Crippen molar-refractivity contribution in [3.8, 4) is 0 Å². The summed E-state index contributed by atoms with van der Waals surface area (Å²) in [5, 5.41) is 0.293. The maximum absolute atomic E-state index is 13.7. The zero-order valence-electron chi connectivity index (χ0n) is 9.13. The maximum Gasteiger partial charge on any atom is 0.129 e. The predicted molar refractivity (Wildman–Crippen MR) is 71.5 cm³/mol. The lowest BCUT2D eigenvalue weighted by Crippen LogP contribution is -2.14. The molecule has 0 aromatic heterocycles. The van der Waals surface area contributed by atoms with Crippen LogP contribution in [0.3, 0.4) is 0 Å². The van der Waals surface area contributed by atoms with Gasteiger partial charge in [-0.3, -0.25) is 0 Å². The summed E-state index contributed by atoms with van der Waals surface area (Å²) in [6.45, 7) is 0. The molecule has 0 aliphatic carbocycles. The van der Waals surface area contributed by atoms with E-state index in [9.17, 15) is 8.78 Å². The summed E-state index contributed by atoms with van der Waals surface area (Å²) >= 11 is 8.95. The Bertz CT molecular complexity index is 589. The van der Waals surface area contributed by atoms with Crippen LogP contribution in [0.4, 0.5) is 8.78 Å². The van der Waals surface area contributed by atoms with Crippen molar-refractivity contribution < 1.29 is 8.78 Å². The second-order valence-corrected chi connectivity index (χ2v) is 5.10. The Labute approximate surface area is 117 Å². The van der Waals surface area contributed by atoms with E-state index in [0.29, 0.717) is 15.1 Å². The molecule has 2 aromatic carbocycles. The van der Waals surface area contributed by atoms with E-state index in [0.717, 1.165) is 0 Å². The summed E-state index contributed by atoms with van der Waals surface area (Å²) in [7, 11) is 0. The first-order chi connectivity index (χ1) is 8.49. The Balaban J connectivity index is 2.47. The molecule has 0 amide bonds. The van der Waals surface area contributed by atoms with Crippen LogP contribution in [0.2, 0.25) is 5.02 Å². The lowest BCUT2D eigenvalue weighted by molar-refractivity contribution is 0.595. The molecule has 0 saturated carbocycles. The molecule has 1 atom stereocenters. The Morgan fingerprint density at radius 3 is 2.44 bits per heavy atom. The average Bonchev–Trinajstić information content (AvgIpc) is 2.31. The Morgan fingerprint density at radius 1 is 1.06 bits per heavy atom. The summed E-state index contributed by atoms with van der Waals surface area (Å²) in [5.74, 6) is -0.927. The molecule has 18 heavy (non-hydrogen) atoms. The van der Waals surface area contributed by atoms with Gasteiger partial charge in [0.15, 0.2) is 0 Å². The molecule has 5 heteroatoms. The fraction of sp³-hybridized carbons (Fsp3) is 0.0769. The largest absolute Gasteiger partial charge is 0.320 e. The topological polar surface area (TPSA) is 26.0 Å². The maximum atomic E-state index is 13.7. The fourth-order valence-corrected chi connectivity index (χ4v) is 2.33. The molecule has 0 spiro atoms. The molecule has 1 nitrogen and oxygen atoms in total. The minimum absolute atomic E-state index is 0.269. The second kappa shape index (κ2) is 5.34. The first-order valence-corrected chi connectivity index (χ1v) is 6.31. The van der Waals surface area contributed by atoms with Crippen LogP contribution >= 0.6 is 27.5 Å². The zero-order chi connectivity index (χ0) is 13.3. The molecule has 0 fully saturated rings. The highest BCUT2D eigenvalue weighted by Crippen LogP contribution is 2.29. The fourth-order valence-electron chi connectivity index (χ4n) is 1.67. The SMILES string of the molecule is NC(c1ccc(Cl)cc1F)c1cc(F)ccc1Br. The van der Waals surface area contributed by atoms with Crippen LogP contribution in [0.5, 0.6) is 0 Å². The van der Waals surface area contributed by atoms with Crippen LogP contribution in [0.25, 0.3) is 0 Å². The molecule has 2 aromatic rings. The van der Waals surface area contributed by atoms with Crippen molar-refractivity contribution in [2.24, 2.45) is 5.73 Å². The van der Waals surface area contributed by atoms with Crippen molar-refractivity contribution in [1.29, 1.82) is 0 Å². The highest BCUT2D eigenvalue weighted by Gasteiger charge is 2.17. The van der Waals surface area contributed by atoms with E-state index in [1.165, 1.54) is 24.3 Å². The van der Waals surface area contributed by atoms with Crippen molar-refractivity contribution >= 4 is 27.5 Å². The van der Waals surface area contributed by atoms with Gasteiger partial charge in [-0.25, -0.2) is 8.78 Å². The summed E-state index contributed by atoms with van der Waals surface area (Å²) in [6.07, 6.45) is 0. The minimum atomic E-state index is -0.757.